The average molecular weight is 171 g/mol. The molecule has 5 heteroatoms. The highest BCUT2D eigenvalue weighted by atomic mass is 16.6. The van der Waals surface area contributed by atoms with Crippen LogP contribution in [0.4, 0.5) is 0 Å². The van der Waals surface area contributed by atoms with Crippen molar-refractivity contribution >= 4 is 5.97 Å². The molecule has 0 fully saturated rings. The maximum Gasteiger partial charge on any atom is 0.330 e. The summed E-state index contributed by atoms with van der Waals surface area (Å²) in [7, 11) is 1.35. The van der Waals surface area contributed by atoms with Crippen molar-refractivity contribution in [1.29, 1.82) is 0 Å². The maximum absolute atomic E-state index is 10.6. The molecular formula is C7H9NO4. The monoisotopic (exact) mass is 171 g/mol. The Morgan fingerprint density at radius 2 is 2.58 bits per heavy atom. The quantitative estimate of drug-likeness (QED) is 0.647. The van der Waals surface area contributed by atoms with E-state index in [-0.39, 0.29) is 0 Å². The lowest BCUT2D eigenvalue weighted by atomic mass is 10.2. The third-order valence-corrected chi connectivity index (χ3v) is 1.31. The normalized spacial score (nSPS) is 12.8. The Morgan fingerprint density at radius 3 is 3.00 bits per heavy atom. The van der Waals surface area contributed by atoms with Crippen LogP contribution in [0.5, 0.6) is 0 Å². The Balaban J connectivity index is 2.73. The van der Waals surface area contributed by atoms with E-state index in [9.17, 15) is 4.79 Å². The summed E-state index contributed by atoms with van der Waals surface area (Å²) in [5.41, 5.74) is 2.29. The minimum Gasteiger partial charge on any atom is -0.480 e. The van der Waals surface area contributed by atoms with E-state index in [2.05, 4.69) is 10.3 Å². The van der Waals surface area contributed by atoms with Crippen molar-refractivity contribution in [2.45, 2.75) is 6.04 Å². The molecule has 2 N–H and O–H groups in total. The second-order valence-electron chi connectivity index (χ2n) is 2.11. The Labute approximate surface area is 68.9 Å². The van der Waals surface area contributed by atoms with Crippen LogP contribution in [0.1, 0.15) is 11.8 Å². The number of hydroxylamine groups is 1. The van der Waals surface area contributed by atoms with Crippen LogP contribution in [0, 0.1) is 0 Å². The molecule has 0 saturated heterocycles. The third kappa shape index (κ3) is 1.84. The third-order valence-electron chi connectivity index (χ3n) is 1.31. The van der Waals surface area contributed by atoms with Gasteiger partial charge in [-0.1, -0.05) is 0 Å². The number of nitrogens with one attached hydrogen (secondary N) is 1. The molecular weight excluding hydrogens is 162 g/mol. The van der Waals surface area contributed by atoms with Gasteiger partial charge in [0.15, 0.2) is 6.04 Å². The van der Waals surface area contributed by atoms with E-state index in [1.165, 1.54) is 13.4 Å². The summed E-state index contributed by atoms with van der Waals surface area (Å²) in [5.74, 6) is -0.740. The van der Waals surface area contributed by atoms with E-state index in [1.807, 2.05) is 0 Å². The van der Waals surface area contributed by atoms with Crippen LogP contribution in [0.3, 0.4) is 0 Å². The molecule has 1 atom stereocenters. The molecule has 0 amide bonds. The number of carboxylic acids is 1. The molecule has 0 aliphatic heterocycles. The summed E-state index contributed by atoms with van der Waals surface area (Å²) in [6.07, 6.45) is 1.41. The zero-order valence-corrected chi connectivity index (χ0v) is 6.48. The van der Waals surface area contributed by atoms with Gasteiger partial charge in [0.05, 0.1) is 13.4 Å². The molecule has 1 unspecified atom stereocenters. The molecule has 0 saturated carbocycles. The number of carboxylic acid groups (broad SMARTS) is 1. The van der Waals surface area contributed by atoms with Gasteiger partial charge in [0.25, 0.3) is 0 Å². The molecule has 1 heterocycles. The van der Waals surface area contributed by atoms with Crippen molar-refractivity contribution in [2.24, 2.45) is 0 Å². The van der Waals surface area contributed by atoms with Crippen molar-refractivity contribution in [3.05, 3.63) is 24.2 Å². The average Bonchev–Trinajstić information content (AvgIpc) is 2.51. The van der Waals surface area contributed by atoms with Crippen LogP contribution in [0.15, 0.2) is 22.8 Å². The van der Waals surface area contributed by atoms with Crippen LogP contribution in [0.2, 0.25) is 0 Å². The molecule has 1 aromatic heterocycles. The Bertz CT molecular complexity index is 244. The first-order valence-corrected chi connectivity index (χ1v) is 3.30. The fourth-order valence-electron chi connectivity index (χ4n) is 0.804. The molecule has 0 aromatic carbocycles. The van der Waals surface area contributed by atoms with Gasteiger partial charge < -0.3 is 14.4 Å². The van der Waals surface area contributed by atoms with Gasteiger partial charge in [0.2, 0.25) is 0 Å². The molecule has 0 aliphatic rings. The minimum atomic E-state index is -1.05. The predicted octanol–water partition coefficient (Wildman–Crippen LogP) is 0.556. The SMILES string of the molecule is CONC(C(=O)O)c1ccco1. The highest BCUT2D eigenvalue weighted by Gasteiger charge is 2.21. The van der Waals surface area contributed by atoms with Crippen molar-refractivity contribution in [3.8, 4) is 0 Å². The molecule has 1 aromatic rings. The Kier molecular flexibility index (Phi) is 2.84. The van der Waals surface area contributed by atoms with Crippen molar-refractivity contribution < 1.29 is 19.2 Å². The first kappa shape index (κ1) is 8.76. The first-order chi connectivity index (χ1) is 5.75. The van der Waals surface area contributed by atoms with Crippen LogP contribution >= 0.6 is 0 Å². The minimum absolute atomic E-state index is 0.310. The predicted molar refractivity (Wildman–Crippen MR) is 39.2 cm³/mol. The molecule has 1 rings (SSSR count). The maximum atomic E-state index is 10.6. The number of hydrogen-bond donors (Lipinski definition) is 2. The Hall–Kier alpha value is -1.33. The number of aliphatic carboxylic acids is 1. The van der Waals surface area contributed by atoms with E-state index < -0.39 is 12.0 Å². The molecule has 12 heavy (non-hydrogen) atoms. The summed E-state index contributed by atoms with van der Waals surface area (Å²) in [6.45, 7) is 0. The molecule has 0 spiro atoms. The topological polar surface area (TPSA) is 71.7 Å². The molecule has 0 aliphatic carbocycles. The van der Waals surface area contributed by atoms with Gasteiger partial charge in [-0.3, -0.25) is 0 Å². The van der Waals surface area contributed by atoms with Gasteiger partial charge in [0.1, 0.15) is 5.76 Å². The highest BCUT2D eigenvalue weighted by Crippen LogP contribution is 2.12. The Morgan fingerprint density at radius 1 is 1.83 bits per heavy atom. The zero-order valence-electron chi connectivity index (χ0n) is 6.48. The van der Waals surface area contributed by atoms with E-state index in [0.717, 1.165) is 0 Å². The lowest BCUT2D eigenvalue weighted by Crippen LogP contribution is -2.27. The molecule has 5 nitrogen and oxygen atoms in total. The van der Waals surface area contributed by atoms with Gasteiger partial charge in [-0.2, -0.15) is 5.48 Å². The fraction of sp³-hybridized carbons (Fsp3) is 0.286. The standard InChI is InChI=1S/C7H9NO4/c1-11-8-6(7(9)10)5-3-2-4-12-5/h2-4,6,8H,1H3,(H,9,10). The van der Waals surface area contributed by atoms with E-state index in [1.54, 1.807) is 12.1 Å². The van der Waals surface area contributed by atoms with Gasteiger partial charge in [-0.05, 0) is 12.1 Å². The summed E-state index contributed by atoms with van der Waals surface area (Å²) in [6, 6.07) is 2.22. The summed E-state index contributed by atoms with van der Waals surface area (Å²) in [5, 5.41) is 8.67. The van der Waals surface area contributed by atoms with Crippen LogP contribution in [-0.2, 0) is 9.63 Å². The zero-order chi connectivity index (χ0) is 8.97. The van der Waals surface area contributed by atoms with E-state index >= 15 is 0 Å². The number of rotatable bonds is 4. The van der Waals surface area contributed by atoms with E-state index in [0.29, 0.717) is 5.76 Å². The number of furan rings is 1. The number of carbonyl (C=O) groups is 1. The van der Waals surface area contributed by atoms with Gasteiger partial charge in [0, 0.05) is 0 Å². The summed E-state index contributed by atoms with van der Waals surface area (Å²) < 4.78 is 4.89. The van der Waals surface area contributed by atoms with Crippen molar-refractivity contribution in [1.82, 2.24) is 5.48 Å². The van der Waals surface area contributed by atoms with Crippen LogP contribution < -0.4 is 5.48 Å². The van der Waals surface area contributed by atoms with Gasteiger partial charge in [-0.15, -0.1) is 0 Å². The van der Waals surface area contributed by atoms with E-state index in [4.69, 9.17) is 9.52 Å². The largest absolute Gasteiger partial charge is 0.480 e. The molecule has 0 radical (unpaired) electrons. The molecule has 66 valence electrons. The highest BCUT2D eigenvalue weighted by molar-refractivity contribution is 5.74. The van der Waals surface area contributed by atoms with Crippen LogP contribution in [0.25, 0.3) is 0 Å². The summed E-state index contributed by atoms with van der Waals surface area (Å²) in [4.78, 5) is 15.1. The smallest absolute Gasteiger partial charge is 0.330 e. The lowest BCUT2D eigenvalue weighted by molar-refractivity contribution is -0.144. The second-order valence-corrected chi connectivity index (χ2v) is 2.11. The fourth-order valence-corrected chi connectivity index (χ4v) is 0.804. The summed E-state index contributed by atoms with van der Waals surface area (Å²) >= 11 is 0. The van der Waals surface area contributed by atoms with Crippen LogP contribution in [-0.4, -0.2) is 18.2 Å². The molecule has 0 bridgehead atoms. The second kappa shape index (κ2) is 3.89. The lowest BCUT2D eigenvalue weighted by Gasteiger charge is -2.08. The first-order valence-electron chi connectivity index (χ1n) is 3.30. The van der Waals surface area contributed by atoms with Crippen molar-refractivity contribution in [3.63, 3.8) is 0 Å². The van der Waals surface area contributed by atoms with Gasteiger partial charge >= 0.3 is 5.97 Å². The van der Waals surface area contributed by atoms with Crippen molar-refractivity contribution in [2.75, 3.05) is 7.11 Å². The number of hydrogen-bond acceptors (Lipinski definition) is 4. The van der Waals surface area contributed by atoms with Gasteiger partial charge in [-0.25, -0.2) is 4.79 Å².